The Morgan fingerprint density at radius 2 is 2.07 bits per heavy atom. The largest absolute Gasteiger partial charge is 0.374 e. The first-order valence-electron chi connectivity index (χ1n) is 10.6. The molecule has 1 unspecified atom stereocenters. The molecule has 1 spiro atoms. The Morgan fingerprint density at radius 1 is 1.36 bits per heavy atom. The number of amides is 1. The van der Waals surface area contributed by atoms with Gasteiger partial charge >= 0.3 is 0 Å². The van der Waals surface area contributed by atoms with E-state index in [1.807, 2.05) is 13.8 Å². The minimum absolute atomic E-state index is 0.0397. The van der Waals surface area contributed by atoms with Crippen molar-refractivity contribution < 1.29 is 14.1 Å². The molecular weight excluding hydrogens is 356 g/mol. The standard InChI is InChI=1S/C21H34N4O3/c1-14-22-18(28-24-14)20(4,5)23-17(26)9-16-12-25(11-15-10-19(15,2)3)21(13-27-16)7-6-8-21/h15-16H,6-13H2,1-5H3,(H,23,26)/t15-,16?/m1/s1. The highest BCUT2D eigenvalue weighted by Gasteiger charge is 2.52. The number of morpholine rings is 1. The summed E-state index contributed by atoms with van der Waals surface area (Å²) in [6, 6.07) is 0. The van der Waals surface area contributed by atoms with Crippen LogP contribution >= 0.6 is 0 Å². The van der Waals surface area contributed by atoms with E-state index in [9.17, 15) is 4.79 Å². The van der Waals surface area contributed by atoms with Crippen LogP contribution in [0.2, 0.25) is 0 Å². The van der Waals surface area contributed by atoms with Gasteiger partial charge in [0.05, 0.1) is 19.1 Å². The van der Waals surface area contributed by atoms with E-state index in [0.29, 0.717) is 23.6 Å². The SMILES string of the molecule is Cc1noc(C(C)(C)NC(=O)CC2CN(C[C@H]3CC3(C)C)C3(CCC3)CO2)n1. The number of carbonyl (C=O) groups is 1. The topological polar surface area (TPSA) is 80.5 Å². The van der Waals surface area contributed by atoms with Gasteiger partial charge in [-0.25, -0.2) is 0 Å². The third kappa shape index (κ3) is 3.83. The number of ether oxygens (including phenoxy) is 1. The Kier molecular flexibility index (Phi) is 4.82. The highest BCUT2D eigenvalue weighted by atomic mass is 16.5. The van der Waals surface area contributed by atoms with Crippen LogP contribution < -0.4 is 5.32 Å². The highest BCUT2D eigenvalue weighted by molar-refractivity contribution is 5.77. The van der Waals surface area contributed by atoms with Gasteiger partial charge in [0.2, 0.25) is 5.91 Å². The molecule has 1 aromatic heterocycles. The van der Waals surface area contributed by atoms with Crippen molar-refractivity contribution in [2.45, 2.75) is 83.9 Å². The lowest BCUT2D eigenvalue weighted by Crippen LogP contribution is -2.63. The summed E-state index contributed by atoms with van der Waals surface area (Å²) >= 11 is 0. The van der Waals surface area contributed by atoms with Crippen molar-refractivity contribution in [3.05, 3.63) is 11.7 Å². The molecule has 2 saturated carbocycles. The molecule has 1 amide bonds. The molecule has 3 aliphatic rings. The molecular formula is C21H34N4O3. The fourth-order valence-corrected chi connectivity index (χ4v) is 4.66. The lowest BCUT2D eigenvalue weighted by atomic mass is 9.74. The second kappa shape index (κ2) is 6.80. The van der Waals surface area contributed by atoms with Gasteiger partial charge in [-0.3, -0.25) is 9.69 Å². The maximum atomic E-state index is 12.7. The zero-order valence-corrected chi connectivity index (χ0v) is 17.9. The van der Waals surface area contributed by atoms with Crippen LogP contribution in [0.3, 0.4) is 0 Å². The van der Waals surface area contributed by atoms with Gasteiger partial charge < -0.3 is 14.6 Å². The van der Waals surface area contributed by atoms with Crippen LogP contribution in [0, 0.1) is 18.3 Å². The molecule has 7 nitrogen and oxygen atoms in total. The van der Waals surface area contributed by atoms with Crippen molar-refractivity contribution in [1.82, 2.24) is 20.4 Å². The number of aryl methyl sites for hydroxylation is 1. The van der Waals surface area contributed by atoms with Crippen LogP contribution in [0.25, 0.3) is 0 Å². The minimum Gasteiger partial charge on any atom is -0.374 e. The molecule has 0 radical (unpaired) electrons. The second-order valence-electron chi connectivity index (χ2n) is 10.3. The van der Waals surface area contributed by atoms with Gasteiger partial charge in [0.25, 0.3) is 5.89 Å². The molecule has 7 heteroatoms. The molecule has 1 aromatic rings. The van der Waals surface area contributed by atoms with E-state index in [-0.39, 0.29) is 17.6 Å². The average Bonchev–Trinajstić information content (AvgIpc) is 2.94. The lowest BCUT2D eigenvalue weighted by Gasteiger charge is -2.55. The lowest BCUT2D eigenvalue weighted by molar-refractivity contribution is -0.153. The van der Waals surface area contributed by atoms with Gasteiger partial charge in [-0.15, -0.1) is 0 Å². The van der Waals surface area contributed by atoms with Gasteiger partial charge in [0.1, 0.15) is 5.54 Å². The maximum absolute atomic E-state index is 12.7. The van der Waals surface area contributed by atoms with E-state index in [2.05, 4.69) is 34.2 Å². The predicted octanol–water partition coefficient (Wildman–Crippen LogP) is 2.79. The summed E-state index contributed by atoms with van der Waals surface area (Å²) in [5.74, 6) is 1.73. The fraction of sp³-hybridized carbons (Fsp3) is 0.857. The van der Waals surface area contributed by atoms with Crippen molar-refractivity contribution >= 4 is 5.91 Å². The van der Waals surface area contributed by atoms with E-state index in [1.54, 1.807) is 6.92 Å². The van der Waals surface area contributed by atoms with Gasteiger partial charge in [-0.2, -0.15) is 4.98 Å². The molecule has 2 atom stereocenters. The maximum Gasteiger partial charge on any atom is 0.251 e. The first kappa shape index (κ1) is 19.8. The highest BCUT2D eigenvalue weighted by Crippen LogP contribution is 2.53. The summed E-state index contributed by atoms with van der Waals surface area (Å²) in [5, 5.41) is 6.85. The minimum atomic E-state index is -0.695. The Bertz CT molecular complexity index is 738. The summed E-state index contributed by atoms with van der Waals surface area (Å²) in [7, 11) is 0. The van der Waals surface area contributed by atoms with Gasteiger partial charge in [-0.05, 0) is 57.8 Å². The van der Waals surface area contributed by atoms with Gasteiger partial charge in [0, 0.05) is 18.6 Å². The third-order valence-corrected chi connectivity index (χ3v) is 7.05. The van der Waals surface area contributed by atoms with Crippen LogP contribution in [0.1, 0.15) is 71.5 Å². The summed E-state index contributed by atoms with van der Waals surface area (Å²) in [6.07, 6.45) is 5.34. The van der Waals surface area contributed by atoms with Gasteiger partial charge in [-0.1, -0.05) is 19.0 Å². The number of rotatable bonds is 6. The van der Waals surface area contributed by atoms with Crippen LogP contribution in [0.5, 0.6) is 0 Å². The smallest absolute Gasteiger partial charge is 0.251 e. The number of aromatic nitrogens is 2. The predicted molar refractivity (Wildman–Crippen MR) is 105 cm³/mol. The number of nitrogens with zero attached hydrogens (tertiary/aromatic N) is 3. The van der Waals surface area contributed by atoms with Crippen molar-refractivity contribution in [3.63, 3.8) is 0 Å². The van der Waals surface area contributed by atoms with Crippen molar-refractivity contribution in [2.24, 2.45) is 11.3 Å². The van der Waals surface area contributed by atoms with Crippen LogP contribution in [0.4, 0.5) is 0 Å². The third-order valence-electron chi connectivity index (χ3n) is 7.05. The summed E-state index contributed by atoms with van der Waals surface area (Å²) in [5.41, 5.74) is 0.00841. The summed E-state index contributed by atoms with van der Waals surface area (Å²) in [6.45, 7) is 13.0. The molecule has 1 saturated heterocycles. The molecule has 1 N–H and O–H groups in total. The van der Waals surface area contributed by atoms with E-state index in [0.717, 1.165) is 25.6 Å². The fourth-order valence-electron chi connectivity index (χ4n) is 4.66. The zero-order valence-electron chi connectivity index (χ0n) is 17.9. The first-order chi connectivity index (χ1) is 13.1. The Hall–Kier alpha value is -1.47. The van der Waals surface area contributed by atoms with Crippen LogP contribution in [0.15, 0.2) is 4.52 Å². The Balaban J connectivity index is 1.35. The molecule has 3 fully saturated rings. The molecule has 0 aromatic carbocycles. The summed E-state index contributed by atoms with van der Waals surface area (Å²) < 4.78 is 11.4. The van der Waals surface area contributed by atoms with Crippen molar-refractivity contribution in [2.75, 3.05) is 19.7 Å². The molecule has 2 aliphatic carbocycles. The van der Waals surface area contributed by atoms with E-state index < -0.39 is 5.54 Å². The normalized spacial score (nSPS) is 28.8. The summed E-state index contributed by atoms with van der Waals surface area (Å²) in [4.78, 5) is 19.6. The van der Waals surface area contributed by atoms with Gasteiger partial charge in [0.15, 0.2) is 5.82 Å². The zero-order chi connectivity index (χ0) is 20.2. The Morgan fingerprint density at radius 3 is 2.61 bits per heavy atom. The number of carbonyl (C=O) groups excluding carboxylic acids is 1. The second-order valence-corrected chi connectivity index (χ2v) is 10.3. The molecule has 4 rings (SSSR count). The van der Waals surface area contributed by atoms with E-state index in [1.165, 1.54) is 25.7 Å². The molecule has 156 valence electrons. The van der Waals surface area contributed by atoms with Crippen LogP contribution in [-0.4, -0.2) is 52.3 Å². The van der Waals surface area contributed by atoms with Crippen molar-refractivity contribution in [3.8, 4) is 0 Å². The number of nitrogens with one attached hydrogen (secondary N) is 1. The van der Waals surface area contributed by atoms with Crippen LogP contribution in [-0.2, 0) is 15.1 Å². The monoisotopic (exact) mass is 390 g/mol. The molecule has 0 bridgehead atoms. The number of hydrogen-bond acceptors (Lipinski definition) is 6. The average molecular weight is 391 g/mol. The van der Waals surface area contributed by atoms with Crippen molar-refractivity contribution in [1.29, 1.82) is 0 Å². The number of hydrogen-bond donors (Lipinski definition) is 1. The molecule has 28 heavy (non-hydrogen) atoms. The van der Waals surface area contributed by atoms with E-state index in [4.69, 9.17) is 9.26 Å². The quantitative estimate of drug-likeness (QED) is 0.804. The molecule has 2 heterocycles. The Labute approximate surface area is 167 Å². The molecule has 1 aliphatic heterocycles. The first-order valence-corrected chi connectivity index (χ1v) is 10.6. The van der Waals surface area contributed by atoms with E-state index >= 15 is 0 Å².